The minimum absolute atomic E-state index is 0.0149. The van der Waals surface area contributed by atoms with Crippen molar-refractivity contribution in [1.82, 2.24) is 19.6 Å². The number of aliphatic hydroxyl groups excluding tert-OH is 1. The van der Waals surface area contributed by atoms with E-state index in [4.69, 9.17) is 11.6 Å². The maximum Gasteiger partial charge on any atom is 0.273 e. The van der Waals surface area contributed by atoms with E-state index in [0.29, 0.717) is 50.0 Å². The summed E-state index contributed by atoms with van der Waals surface area (Å²) in [6.07, 6.45) is 3.09. The lowest BCUT2D eigenvalue weighted by Gasteiger charge is -2.37. The molecule has 2 aromatic rings. The molecule has 1 N–H and O–H groups in total. The summed E-state index contributed by atoms with van der Waals surface area (Å²) in [6, 6.07) is 9.99. The van der Waals surface area contributed by atoms with Crippen molar-refractivity contribution in [2.24, 2.45) is 5.92 Å². The molecule has 1 unspecified atom stereocenters. The number of piperidine rings is 1. The quantitative estimate of drug-likeness (QED) is 0.604. The number of aliphatic hydroxyl groups is 1. The van der Waals surface area contributed by atoms with Crippen LogP contribution in [0.2, 0.25) is 5.02 Å². The van der Waals surface area contributed by atoms with Gasteiger partial charge in [0.05, 0.1) is 36.5 Å². The average molecular weight is 533 g/mol. The topological polar surface area (TPSA) is 101 Å². The molecule has 5 rings (SSSR count). The van der Waals surface area contributed by atoms with Crippen molar-refractivity contribution >= 4 is 44.0 Å². The molecule has 36 heavy (non-hydrogen) atoms. The molecule has 0 saturated carbocycles. The Morgan fingerprint density at radius 2 is 1.81 bits per heavy atom. The lowest BCUT2D eigenvalue weighted by molar-refractivity contribution is -0.138. The first-order chi connectivity index (χ1) is 17.2. The van der Waals surface area contributed by atoms with Crippen molar-refractivity contribution in [3.05, 3.63) is 53.3 Å². The maximum absolute atomic E-state index is 13.2. The monoisotopic (exact) mass is 532 g/mol. The van der Waals surface area contributed by atoms with Gasteiger partial charge in [0.2, 0.25) is 5.91 Å². The van der Waals surface area contributed by atoms with Crippen molar-refractivity contribution in [1.29, 1.82) is 0 Å². The van der Waals surface area contributed by atoms with Crippen LogP contribution in [-0.4, -0.2) is 96.8 Å². The van der Waals surface area contributed by atoms with Gasteiger partial charge >= 0.3 is 0 Å². The normalized spacial score (nSPS) is 19.8. The smallest absolute Gasteiger partial charge is 0.273 e. The predicted octanol–water partition coefficient (Wildman–Crippen LogP) is 1.71. The zero-order valence-electron chi connectivity index (χ0n) is 20.0. The molecule has 2 amide bonds. The van der Waals surface area contributed by atoms with E-state index in [1.807, 2.05) is 27.9 Å². The van der Waals surface area contributed by atoms with E-state index in [1.165, 1.54) is 6.07 Å². The number of halogens is 1. The summed E-state index contributed by atoms with van der Waals surface area (Å²) in [4.78, 5) is 33.5. The summed E-state index contributed by atoms with van der Waals surface area (Å²) in [7, 11) is -1.88. The molecule has 0 radical (unpaired) electrons. The summed E-state index contributed by atoms with van der Waals surface area (Å²) in [5.74, 6) is -1.87. The number of rotatable bonds is 6. The number of hydrogen-bond donors (Lipinski definition) is 1. The highest BCUT2D eigenvalue weighted by Gasteiger charge is 2.41. The van der Waals surface area contributed by atoms with Gasteiger partial charge in [0.25, 0.3) is 5.91 Å². The van der Waals surface area contributed by atoms with Gasteiger partial charge in [0.1, 0.15) is 5.70 Å². The molecule has 0 bridgehead atoms. The van der Waals surface area contributed by atoms with Gasteiger partial charge in [0, 0.05) is 37.4 Å². The number of carbonyl (C=O) groups is 2. The lowest BCUT2D eigenvalue weighted by Crippen LogP contribution is -2.50. The molecule has 0 spiro atoms. The van der Waals surface area contributed by atoms with Crippen LogP contribution in [0.15, 0.2) is 53.2 Å². The number of nitrogens with zero attached hydrogens (tertiary/aromatic N) is 4. The van der Waals surface area contributed by atoms with Crippen LogP contribution in [0.5, 0.6) is 0 Å². The fraction of sp³-hybridized carbons (Fsp3) is 0.440. The standard InChI is InChI=1S/C25H29ClN4O5S/c1-27-12-23-25(33)30(16-29(23)15-27)21-6-8-28(9-7-21)24(32)19(13-31)14-36(34,35)22-5-3-17-10-20(26)4-2-18(17)11-22/h2-5,10-12,19,21,31H,6-9,13-16H2,1H3. The minimum Gasteiger partial charge on any atom is -0.396 e. The molecule has 11 heteroatoms. The number of hydrogen-bond acceptors (Lipinski definition) is 7. The van der Waals surface area contributed by atoms with Crippen molar-refractivity contribution < 1.29 is 23.1 Å². The van der Waals surface area contributed by atoms with Crippen LogP contribution in [0, 0.1) is 5.92 Å². The van der Waals surface area contributed by atoms with Crippen LogP contribution in [0.4, 0.5) is 0 Å². The maximum atomic E-state index is 13.2. The third kappa shape index (κ3) is 4.65. The van der Waals surface area contributed by atoms with Gasteiger partial charge in [0.15, 0.2) is 9.84 Å². The molecular weight excluding hydrogens is 504 g/mol. The summed E-state index contributed by atoms with van der Waals surface area (Å²) in [6.45, 7) is 1.51. The highest BCUT2D eigenvalue weighted by molar-refractivity contribution is 7.91. The van der Waals surface area contributed by atoms with Gasteiger partial charge in [-0.25, -0.2) is 8.42 Å². The Labute approximate surface area is 215 Å². The summed E-state index contributed by atoms with van der Waals surface area (Å²) >= 11 is 6.01. The Morgan fingerprint density at radius 3 is 2.50 bits per heavy atom. The first kappa shape index (κ1) is 24.9. The van der Waals surface area contributed by atoms with Gasteiger partial charge in [-0.3, -0.25) is 9.59 Å². The van der Waals surface area contributed by atoms with Crippen LogP contribution in [0.25, 0.3) is 10.8 Å². The van der Waals surface area contributed by atoms with Crippen LogP contribution in [-0.2, 0) is 19.4 Å². The second kappa shape index (κ2) is 9.57. The van der Waals surface area contributed by atoms with Gasteiger partial charge in [-0.15, -0.1) is 0 Å². The highest BCUT2D eigenvalue weighted by Crippen LogP contribution is 2.30. The van der Waals surface area contributed by atoms with Crippen molar-refractivity contribution in [2.75, 3.05) is 45.8 Å². The van der Waals surface area contributed by atoms with E-state index in [9.17, 15) is 23.1 Å². The highest BCUT2D eigenvalue weighted by atomic mass is 35.5. The minimum atomic E-state index is -3.81. The first-order valence-electron chi connectivity index (χ1n) is 12.0. The number of amides is 2. The van der Waals surface area contributed by atoms with Gasteiger partial charge in [-0.05, 0) is 47.9 Å². The zero-order chi connectivity index (χ0) is 25.6. The molecule has 3 heterocycles. The zero-order valence-corrected chi connectivity index (χ0v) is 21.6. The Morgan fingerprint density at radius 1 is 1.11 bits per heavy atom. The molecule has 0 aliphatic carbocycles. The molecule has 3 aliphatic rings. The second-order valence-electron chi connectivity index (χ2n) is 9.74. The van der Waals surface area contributed by atoms with Gasteiger partial charge in [-0.1, -0.05) is 23.7 Å². The largest absolute Gasteiger partial charge is 0.396 e. The summed E-state index contributed by atoms with van der Waals surface area (Å²) in [5.41, 5.74) is 0.707. The molecule has 2 saturated heterocycles. The molecular formula is C25H29ClN4O5S. The van der Waals surface area contributed by atoms with Crippen molar-refractivity contribution in [2.45, 2.75) is 23.8 Å². The number of fused-ring (bicyclic) bond motifs is 2. The Bertz CT molecular complexity index is 1340. The molecule has 192 valence electrons. The van der Waals surface area contributed by atoms with Crippen LogP contribution < -0.4 is 0 Å². The summed E-state index contributed by atoms with van der Waals surface area (Å²) < 4.78 is 26.2. The second-order valence-corrected chi connectivity index (χ2v) is 12.2. The fourth-order valence-electron chi connectivity index (χ4n) is 5.27. The van der Waals surface area contributed by atoms with Crippen LogP contribution >= 0.6 is 11.6 Å². The van der Waals surface area contributed by atoms with E-state index in [0.717, 1.165) is 10.8 Å². The Hall–Kier alpha value is -2.82. The summed E-state index contributed by atoms with van der Waals surface area (Å²) in [5, 5.41) is 12.0. The first-order valence-corrected chi connectivity index (χ1v) is 14.0. The lowest BCUT2D eigenvalue weighted by atomic mass is 10.0. The fourth-order valence-corrected chi connectivity index (χ4v) is 7.00. The van der Waals surface area contributed by atoms with E-state index < -0.39 is 28.1 Å². The van der Waals surface area contributed by atoms with E-state index >= 15 is 0 Å². The molecule has 9 nitrogen and oxygen atoms in total. The van der Waals surface area contributed by atoms with Crippen LogP contribution in [0.3, 0.4) is 0 Å². The predicted molar refractivity (Wildman–Crippen MR) is 135 cm³/mol. The van der Waals surface area contributed by atoms with E-state index in [-0.39, 0.29) is 22.8 Å². The van der Waals surface area contributed by atoms with Gasteiger partial charge < -0.3 is 24.7 Å². The molecule has 2 fully saturated rings. The SMILES string of the molecule is CN1C=C2C(=O)N(C3CCN(C(=O)C(CO)CS(=O)(=O)c4ccc5cc(Cl)ccc5c4)CC3)CN2C1. The number of carbonyl (C=O) groups excluding carboxylic acids is 2. The Kier molecular flexibility index (Phi) is 6.61. The number of likely N-dealkylation sites (tertiary alicyclic amines) is 1. The third-order valence-electron chi connectivity index (χ3n) is 7.22. The molecule has 2 aromatic carbocycles. The number of benzene rings is 2. The Balaban J connectivity index is 1.22. The molecule has 1 atom stereocenters. The number of sulfone groups is 1. The van der Waals surface area contributed by atoms with Crippen LogP contribution in [0.1, 0.15) is 12.8 Å². The van der Waals surface area contributed by atoms with Gasteiger partial charge in [-0.2, -0.15) is 0 Å². The molecule has 3 aliphatic heterocycles. The van der Waals surface area contributed by atoms with E-state index in [1.54, 1.807) is 35.2 Å². The van der Waals surface area contributed by atoms with E-state index in [2.05, 4.69) is 0 Å². The van der Waals surface area contributed by atoms with Crippen molar-refractivity contribution in [3.63, 3.8) is 0 Å². The molecule has 0 aromatic heterocycles. The third-order valence-corrected chi connectivity index (χ3v) is 9.27. The van der Waals surface area contributed by atoms with Crippen molar-refractivity contribution in [3.8, 4) is 0 Å². The average Bonchev–Trinajstić information content (AvgIpc) is 3.38.